The van der Waals surface area contributed by atoms with Crippen LogP contribution in [0.1, 0.15) is 56.6 Å². The molecule has 1 aromatic rings. The normalized spacial score (nSPS) is 17.4. The Kier molecular flexibility index (Phi) is 5.63. The zero-order chi connectivity index (χ0) is 17.1. The Morgan fingerprint density at radius 3 is 2.39 bits per heavy atom. The van der Waals surface area contributed by atoms with Crippen LogP contribution in [0.25, 0.3) is 0 Å². The highest BCUT2D eigenvalue weighted by Gasteiger charge is 2.28. The van der Waals surface area contributed by atoms with Crippen LogP contribution in [0.5, 0.6) is 5.75 Å². The zero-order valence-electron chi connectivity index (χ0n) is 14.3. The van der Waals surface area contributed by atoms with Crippen LogP contribution in [0, 0.1) is 5.82 Å². The fourth-order valence-electron chi connectivity index (χ4n) is 3.21. The number of hydrogen-bond acceptors (Lipinski definition) is 3. The summed E-state index contributed by atoms with van der Waals surface area (Å²) in [6.45, 7) is 6.70. The van der Waals surface area contributed by atoms with Crippen LogP contribution >= 0.6 is 0 Å². The van der Waals surface area contributed by atoms with Gasteiger partial charge < -0.3 is 14.7 Å². The number of aliphatic hydroxyl groups excluding tert-OH is 1. The van der Waals surface area contributed by atoms with Crippen molar-refractivity contribution in [1.29, 1.82) is 0 Å². The summed E-state index contributed by atoms with van der Waals surface area (Å²) in [6, 6.07) is 3.38. The number of carbonyl (C=O) groups is 1. The monoisotopic (exact) mass is 323 g/mol. The highest BCUT2D eigenvalue weighted by atomic mass is 19.1. The van der Waals surface area contributed by atoms with E-state index >= 15 is 0 Å². The second kappa shape index (κ2) is 7.30. The second-order valence-corrected chi connectivity index (χ2v) is 6.55. The fourth-order valence-corrected chi connectivity index (χ4v) is 3.21. The minimum Gasteiger partial charge on any atom is -0.496 e. The number of likely N-dealkylation sites (tertiary alicyclic amines) is 1. The Morgan fingerprint density at radius 1 is 1.30 bits per heavy atom. The van der Waals surface area contributed by atoms with Crippen molar-refractivity contribution < 1.29 is 19.0 Å². The fraction of sp³-hybridized carbons (Fsp3) is 0.611. The Bertz CT molecular complexity index is 564. The van der Waals surface area contributed by atoms with Gasteiger partial charge in [-0.2, -0.15) is 0 Å². The third-order valence-electron chi connectivity index (χ3n) is 4.57. The first-order chi connectivity index (χ1) is 10.8. The molecule has 1 heterocycles. The summed E-state index contributed by atoms with van der Waals surface area (Å²) < 4.78 is 19.7. The quantitative estimate of drug-likeness (QED) is 0.926. The van der Waals surface area contributed by atoms with Crippen molar-refractivity contribution in [3.63, 3.8) is 0 Å². The molecule has 1 N–H and O–H groups in total. The number of methoxy groups -OCH3 is 1. The van der Waals surface area contributed by atoms with Gasteiger partial charge in [-0.25, -0.2) is 4.39 Å². The lowest BCUT2D eigenvalue weighted by molar-refractivity contribution is -0.140. The highest BCUT2D eigenvalue weighted by Crippen LogP contribution is 2.36. The lowest BCUT2D eigenvalue weighted by Crippen LogP contribution is -2.42. The number of ether oxygens (including phenoxy) is 1. The minimum atomic E-state index is -0.975. The van der Waals surface area contributed by atoms with E-state index in [2.05, 4.69) is 13.8 Å². The third kappa shape index (κ3) is 3.83. The molecule has 2 rings (SSSR count). The van der Waals surface area contributed by atoms with E-state index < -0.39 is 6.10 Å². The largest absolute Gasteiger partial charge is 0.496 e. The van der Waals surface area contributed by atoms with Crippen LogP contribution in [-0.2, 0) is 4.79 Å². The molecule has 0 unspecified atom stereocenters. The number of carbonyl (C=O) groups excluding carboxylic acids is 1. The van der Waals surface area contributed by atoms with Crippen molar-refractivity contribution in [3.05, 3.63) is 29.1 Å². The van der Waals surface area contributed by atoms with Gasteiger partial charge in [-0.3, -0.25) is 4.79 Å². The van der Waals surface area contributed by atoms with Gasteiger partial charge >= 0.3 is 0 Å². The van der Waals surface area contributed by atoms with Crippen molar-refractivity contribution >= 4 is 5.91 Å². The Hall–Kier alpha value is -1.62. The number of hydrogen-bond donors (Lipinski definition) is 1. The van der Waals surface area contributed by atoms with E-state index in [0.29, 0.717) is 37.2 Å². The maximum atomic E-state index is 14.4. The first-order valence-electron chi connectivity index (χ1n) is 8.19. The number of nitrogens with zero attached hydrogens (tertiary/aromatic N) is 1. The molecular weight excluding hydrogens is 297 g/mol. The molecule has 1 amide bonds. The van der Waals surface area contributed by atoms with Crippen molar-refractivity contribution in [2.24, 2.45) is 0 Å². The maximum absolute atomic E-state index is 14.4. The first-order valence-corrected chi connectivity index (χ1v) is 8.19. The average Bonchev–Trinajstić information content (AvgIpc) is 2.53. The Labute approximate surface area is 137 Å². The lowest BCUT2D eigenvalue weighted by atomic mass is 9.86. The molecule has 0 saturated carbocycles. The number of rotatable bonds is 4. The molecule has 0 radical (unpaired) electrons. The topological polar surface area (TPSA) is 49.8 Å². The summed E-state index contributed by atoms with van der Waals surface area (Å²) in [5.41, 5.74) is 1.71. The minimum absolute atomic E-state index is 0.0939. The zero-order valence-corrected chi connectivity index (χ0v) is 14.3. The van der Waals surface area contributed by atoms with Crippen LogP contribution < -0.4 is 4.74 Å². The van der Waals surface area contributed by atoms with E-state index in [1.54, 1.807) is 12.0 Å². The van der Waals surface area contributed by atoms with Gasteiger partial charge in [-0.05, 0) is 48.8 Å². The molecule has 1 aromatic carbocycles. The van der Waals surface area contributed by atoms with Crippen molar-refractivity contribution in [2.45, 2.75) is 51.6 Å². The molecule has 0 aliphatic carbocycles. The van der Waals surface area contributed by atoms with Gasteiger partial charge in [0.25, 0.3) is 5.91 Å². The van der Waals surface area contributed by atoms with Crippen LogP contribution in [0.2, 0.25) is 0 Å². The van der Waals surface area contributed by atoms with Crippen LogP contribution in [0.3, 0.4) is 0 Å². The van der Waals surface area contributed by atoms with E-state index in [-0.39, 0.29) is 23.6 Å². The molecule has 0 spiro atoms. The Balaban J connectivity index is 2.17. The average molecular weight is 323 g/mol. The van der Waals surface area contributed by atoms with E-state index in [4.69, 9.17) is 4.74 Å². The summed E-state index contributed by atoms with van der Waals surface area (Å²) in [6.07, 6.45) is 0.440. The third-order valence-corrected chi connectivity index (χ3v) is 4.57. The second-order valence-electron chi connectivity index (χ2n) is 6.55. The number of piperidine rings is 1. The van der Waals surface area contributed by atoms with Gasteiger partial charge in [0, 0.05) is 19.2 Å². The summed E-state index contributed by atoms with van der Waals surface area (Å²) >= 11 is 0. The summed E-state index contributed by atoms with van der Waals surface area (Å²) in [7, 11) is 1.56. The Morgan fingerprint density at radius 2 is 1.91 bits per heavy atom. The number of amides is 1. The van der Waals surface area contributed by atoms with Crippen molar-refractivity contribution in [3.8, 4) is 5.75 Å². The molecule has 1 aliphatic heterocycles. The molecule has 5 heteroatoms. The molecule has 23 heavy (non-hydrogen) atoms. The molecule has 1 aliphatic rings. The van der Waals surface area contributed by atoms with E-state index in [0.717, 1.165) is 5.56 Å². The molecule has 0 aromatic heterocycles. The van der Waals surface area contributed by atoms with Crippen molar-refractivity contribution in [2.75, 3.05) is 20.2 Å². The van der Waals surface area contributed by atoms with Crippen LogP contribution in [0.15, 0.2) is 12.1 Å². The summed E-state index contributed by atoms with van der Waals surface area (Å²) in [5.74, 6) is 0.439. The van der Waals surface area contributed by atoms with Gasteiger partial charge in [-0.15, -0.1) is 0 Å². The molecule has 1 saturated heterocycles. The first kappa shape index (κ1) is 17.7. The van der Waals surface area contributed by atoms with Gasteiger partial charge in [0.15, 0.2) is 0 Å². The summed E-state index contributed by atoms with van der Waals surface area (Å²) in [4.78, 5) is 13.5. The predicted molar refractivity (Wildman–Crippen MR) is 87.3 cm³/mol. The predicted octanol–water partition coefficient (Wildman–Crippen LogP) is 3.04. The molecule has 128 valence electrons. The standard InChI is InChI=1S/C18H26FNO3/c1-11(2)14-9-15(16(19)10-17(14)23-4)13-5-7-20(8-6-13)18(22)12(3)21/h9-13,21H,5-8H2,1-4H3/t12-/m0/s1. The van der Waals surface area contributed by atoms with Gasteiger partial charge in [0.05, 0.1) is 7.11 Å². The highest BCUT2D eigenvalue weighted by molar-refractivity contribution is 5.80. The number of halogens is 1. The molecule has 0 bridgehead atoms. The van der Waals surface area contributed by atoms with Gasteiger partial charge in [0.2, 0.25) is 0 Å². The smallest absolute Gasteiger partial charge is 0.251 e. The SMILES string of the molecule is COc1cc(F)c(C2CCN(C(=O)[C@H](C)O)CC2)cc1C(C)C. The number of benzene rings is 1. The van der Waals surface area contributed by atoms with Gasteiger partial charge in [0.1, 0.15) is 17.7 Å². The van der Waals surface area contributed by atoms with E-state index in [1.165, 1.54) is 13.0 Å². The molecule has 4 nitrogen and oxygen atoms in total. The molecular formula is C18H26FNO3. The van der Waals surface area contributed by atoms with E-state index in [1.807, 2.05) is 6.07 Å². The van der Waals surface area contributed by atoms with Crippen LogP contribution in [0.4, 0.5) is 4.39 Å². The maximum Gasteiger partial charge on any atom is 0.251 e. The lowest BCUT2D eigenvalue weighted by Gasteiger charge is -2.33. The summed E-state index contributed by atoms with van der Waals surface area (Å²) in [5, 5.41) is 9.39. The number of aliphatic hydroxyl groups is 1. The van der Waals surface area contributed by atoms with Gasteiger partial charge in [-0.1, -0.05) is 13.8 Å². The van der Waals surface area contributed by atoms with Crippen LogP contribution in [-0.4, -0.2) is 42.2 Å². The molecule has 1 fully saturated rings. The molecule has 1 atom stereocenters. The van der Waals surface area contributed by atoms with E-state index in [9.17, 15) is 14.3 Å². The van der Waals surface area contributed by atoms with Crippen molar-refractivity contribution in [1.82, 2.24) is 4.90 Å².